The second kappa shape index (κ2) is 6.35. The first kappa shape index (κ1) is 18.0. The van der Waals surface area contributed by atoms with Crippen molar-refractivity contribution in [2.45, 2.75) is 6.18 Å². The van der Waals surface area contributed by atoms with E-state index >= 15 is 0 Å². The Labute approximate surface area is 175 Å². The van der Waals surface area contributed by atoms with Gasteiger partial charge < -0.3 is 4.42 Å². The minimum absolute atomic E-state index is 0.109. The minimum atomic E-state index is -4.57. The summed E-state index contributed by atoms with van der Waals surface area (Å²) in [6.07, 6.45) is -4.57. The number of fused-ring (bicyclic) bond motifs is 6. The first-order valence-corrected chi connectivity index (χ1v) is 9.95. The van der Waals surface area contributed by atoms with E-state index in [1.54, 1.807) is 30.3 Å². The van der Waals surface area contributed by atoms with E-state index in [4.69, 9.17) is 4.42 Å². The summed E-state index contributed by atoms with van der Waals surface area (Å²) < 4.78 is 49.4. The Bertz CT molecular complexity index is 1620. The molecule has 0 saturated carbocycles. The lowest BCUT2D eigenvalue weighted by atomic mass is 9.93. The Morgan fingerprint density at radius 2 is 1.19 bits per heavy atom. The van der Waals surface area contributed by atoms with Gasteiger partial charge in [-0.15, -0.1) is 0 Å². The van der Waals surface area contributed by atoms with Gasteiger partial charge >= 0.3 is 6.18 Å². The molecule has 0 aliphatic carbocycles. The summed E-state index contributed by atoms with van der Waals surface area (Å²) in [7, 11) is 0. The largest absolute Gasteiger partial charge is 0.455 e. The van der Waals surface area contributed by atoms with E-state index in [1.165, 1.54) is 0 Å². The Kier molecular flexibility index (Phi) is 3.69. The van der Waals surface area contributed by atoms with Gasteiger partial charge in [-0.05, 0) is 44.5 Å². The van der Waals surface area contributed by atoms with Crippen molar-refractivity contribution in [3.63, 3.8) is 0 Å². The number of halogens is 3. The van der Waals surface area contributed by atoms with Gasteiger partial charge in [0.05, 0.1) is 0 Å². The lowest BCUT2D eigenvalue weighted by Gasteiger charge is -2.12. The van der Waals surface area contributed by atoms with Gasteiger partial charge in [0, 0.05) is 10.9 Å². The molecule has 0 aliphatic rings. The summed E-state index contributed by atoms with van der Waals surface area (Å²) in [5.41, 5.74) is -0.0418. The molecular weight excluding hydrogens is 397 g/mol. The van der Waals surface area contributed by atoms with Crippen LogP contribution in [0, 0.1) is 0 Å². The lowest BCUT2D eigenvalue weighted by molar-refractivity contribution is -0.136. The number of hydrogen-bond donors (Lipinski definition) is 0. The van der Waals surface area contributed by atoms with E-state index in [1.807, 2.05) is 60.7 Å². The van der Waals surface area contributed by atoms with Crippen LogP contribution in [0.2, 0.25) is 0 Å². The Morgan fingerprint density at radius 1 is 0.581 bits per heavy atom. The summed E-state index contributed by atoms with van der Waals surface area (Å²) >= 11 is 0. The third kappa shape index (κ3) is 2.65. The molecule has 5 aromatic carbocycles. The van der Waals surface area contributed by atoms with Crippen molar-refractivity contribution in [1.29, 1.82) is 0 Å². The van der Waals surface area contributed by atoms with E-state index in [0.29, 0.717) is 10.9 Å². The van der Waals surface area contributed by atoms with Crippen molar-refractivity contribution in [2.24, 2.45) is 0 Å². The third-order valence-corrected chi connectivity index (χ3v) is 5.88. The van der Waals surface area contributed by atoms with E-state index in [9.17, 15) is 13.2 Å². The molecule has 31 heavy (non-hydrogen) atoms. The van der Waals surface area contributed by atoms with E-state index in [0.717, 1.165) is 26.9 Å². The monoisotopic (exact) mass is 412 g/mol. The number of benzene rings is 5. The second-order valence-corrected chi connectivity index (χ2v) is 7.65. The van der Waals surface area contributed by atoms with Gasteiger partial charge in [-0.3, -0.25) is 0 Å². The van der Waals surface area contributed by atoms with Crippen molar-refractivity contribution < 1.29 is 17.6 Å². The molecule has 0 bridgehead atoms. The summed E-state index contributed by atoms with van der Waals surface area (Å²) in [5.74, 6) is -0.138. The highest BCUT2D eigenvalue weighted by Gasteiger charge is 2.40. The number of hydrogen-bond acceptors (Lipinski definition) is 1. The zero-order valence-corrected chi connectivity index (χ0v) is 16.2. The fraction of sp³-hybridized carbons (Fsp3) is 0.0370. The molecule has 1 aromatic heterocycles. The smallest absolute Gasteiger partial charge is 0.420 e. The summed E-state index contributed by atoms with van der Waals surface area (Å²) in [4.78, 5) is 0. The van der Waals surface area contributed by atoms with Gasteiger partial charge in [0.25, 0.3) is 0 Å². The molecule has 0 saturated heterocycles. The lowest BCUT2D eigenvalue weighted by Crippen LogP contribution is -2.06. The van der Waals surface area contributed by atoms with Crippen LogP contribution in [0.4, 0.5) is 13.2 Å². The molecule has 0 N–H and O–H groups in total. The highest BCUT2D eigenvalue weighted by molar-refractivity contribution is 6.16. The third-order valence-electron chi connectivity index (χ3n) is 5.88. The van der Waals surface area contributed by atoms with Gasteiger partial charge in [0.15, 0.2) is 0 Å². The van der Waals surface area contributed by atoms with Crippen LogP contribution in [0.15, 0.2) is 95.4 Å². The average Bonchev–Trinajstić information content (AvgIpc) is 3.19. The number of alkyl halides is 3. The van der Waals surface area contributed by atoms with Crippen LogP contribution in [-0.4, -0.2) is 0 Å². The fourth-order valence-corrected chi connectivity index (χ4v) is 4.57. The normalized spacial score (nSPS) is 12.4. The SMILES string of the molecule is FC(F)(F)c1c(-c2cc3ccccc3c3ccccc23)oc2ccc3ccccc3c12. The molecular formula is C27H15F3O. The van der Waals surface area contributed by atoms with Crippen molar-refractivity contribution >= 4 is 43.3 Å². The molecule has 150 valence electrons. The number of furan rings is 1. The second-order valence-electron chi connectivity index (χ2n) is 7.65. The Morgan fingerprint density at radius 3 is 1.94 bits per heavy atom. The molecule has 0 amide bonds. The maximum Gasteiger partial charge on any atom is 0.420 e. The van der Waals surface area contributed by atoms with Gasteiger partial charge in [-0.1, -0.05) is 78.9 Å². The van der Waals surface area contributed by atoms with Crippen LogP contribution in [0.1, 0.15) is 5.56 Å². The topological polar surface area (TPSA) is 13.1 Å². The molecule has 6 aromatic rings. The standard InChI is InChI=1S/C27H15F3O/c28-27(29,30)25-24-19-10-4-1-7-16(19)13-14-23(24)31-26(25)22-15-17-8-2-3-9-18(17)20-11-5-6-12-21(20)22/h1-15H. The zero-order chi connectivity index (χ0) is 21.2. The molecule has 1 nitrogen and oxygen atoms in total. The predicted octanol–water partition coefficient (Wildman–Crippen LogP) is 8.58. The zero-order valence-electron chi connectivity index (χ0n) is 16.2. The van der Waals surface area contributed by atoms with Crippen molar-refractivity contribution in [1.82, 2.24) is 0 Å². The van der Waals surface area contributed by atoms with Crippen molar-refractivity contribution in [2.75, 3.05) is 0 Å². The van der Waals surface area contributed by atoms with Crippen LogP contribution in [0.25, 0.3) is 54.6 Å². The average molecular weight is 412 g/mol. The van der Waals surface area contributed by atoms with Gasteiger partial charge in [-0.25, -0.2) is 0 Å². The first-order valence-electron chi connectivity index (χ1n) is 9.95. The highest BCUT2D eigenvalue weighted by atomic mass is 19.4. The quantitative estimate of drug-likeness (QED) is 0.247. The van der Waals surface area contributed by atoms with Crippen LogP contribution >= 0.6 is 0 Å². The van der Waals surface area contributed by atoms with Crippen molar-refractivity contribution in [3.8, 4) is 11.3 Å². The van der Waals surface area contributed by atoms with E-state index in [-0.39, 0.29) is 16.7 Å². The predicted molar refractivity (Wildman–Crippen MR) is 119 cm³/mol. The van der Waals surface area contributed by atoms with Crippen molar-refractivity contribution in [3.05, 3.63) is 96.6 Å². The minimum Gasteiger partial charge on any atom is -0.455 e. The molecule has 0 radical (unpaired) electrons. The van der Waals surface area contributed by atoms with Crippen LogP contribution in [0.3, 0.4) is 0 Å². The van der Waals surface area contributed by atoms with E-state index in [2.05, 4.69) is 0 Å². The maximum absolute atomic E-state index is 14.5. The summed E-state index contributed by atoms with van der Waals surface area (Å²) in [5, 5.41) is 4.89. The highest BCUT2D eigenvalue weighted by Crippen LogP contribution is 2.48. The molecule has 0 unspecified atom stereocenters. The molecule has 1 heterocycles. The Hall–Kier alpha value is -3.79. The van der Waals surface area contributed by atoms with Crippen LogP contribution < -0.4 is 0 Å². The summed E-state index contributed by atoms with van der Waals surface area (Å²) in [6, 6.07) is 27.6. The van der Waals surface area contributed by atoms with Gasteiger partial charge in [-0.2, -0.15) is 13.2 Å². The fourth-order valence-electron chi connectivity index (χ4n) is 4.57. The molecule has 6 rings (SSSR count). The van der Waals surface area contributed by atoms with Crippen LogP contribution in [0.5, 0.6) is 0 Å². The number of rotatable bonds is 1. The molecule has 4 heteroatoms. The molecule has 0 spiro atoms. The summed E-state index contributed by atoms with van der Waals surface area (Å²) in [6.45, 7) is 0. The Balaban J connectivity index is 1.82. The van der Waals surface area contributed by atoms with Crippen LogP contribution in [-0.2, 0) is 6.18 Å². The molecule has 0 fully saturated rings. The molecule has 0 aliphatic heterocycles. The van der Waals surface area contributed by atoms with E-state index < -0.39 is 11.7 Å². The first-order chi connectivity index (χ1) is 15.0. The maximum atomic E-state index is 14.5. The van der Waals surface area contributed by atoms with Gasteiger partial charge in [0.1, 0.15) is 16.9 Å². The van der Waals surface area contributed by atoms with Gasteiger partial charge in [0.2, 0.25) is 0 Å². The molecule has 0 atom stereocenters.